The Morgan fingerprint density at radius 1 is 1.62 bits per heavy atom. The highest BCUT2D eigenvalue weighted by atomic mass is 16.5. The van der Waals surface area contributed by atoms with Crippen molar-refractivity contribution in [2.75, 3.05) is 13.2 Å². The third-order valence-corrected chi connectivity index (χ3v) is 2.86. The summed E-state index contributed by atoms with van der Waals surface area (Å²) in [7, 11) is 0. The molecule has 92 valence electrons. The number of esters is 1. The van der Waals surface area contributed by atoms with E-state index >= 15 is 0 Å². The molecule has 0 bridgehead atoms. The molecule has 2 atom stereocenters. The van der Waals surface area contributed by atoms with Crippen LogP contribution in [0.15, 0.2) is 0 Å². The summed E-state index contributed by atoms with van der Waals surface area (Å²) in [6, 6.07) is -1.00. The molecule has 0 aromatic carbocycles. The van der Waals surface area contributed by atoms with Gasteiger partial charge in [-0.1, -0.05) is 0 Å². The lowest BCUT2D eigenvalue weighted by atomic mass is 10.1. The number of hydrogen-bond donors (Lipinski definition) is 1. The van der Waals surface area contributed by atoms with Crippen LogP contribution < -0.4 is 5.73 Å². The van der Waals surface area contributed by atoms with Gasteiger partial charge in [0, 0.05) is 6.54 Å². The fraction of sp³-hybridized carbons (Fsp3) is 0.818. The highest BCUT2D eigenvalue weighted by Crippen LogP contribution is 2.14. The maximum atomic E-state index is 11.9. The zero-order valence-corrected chi connectivity index (χ0v) is 9.94. The van der Waals surface area contributed by atoms with Crippen molar-refractivity contribution in [2.24, 2.45) is 5.73 Å². The number of nitrogens with two attached hydrogens (primary N) is 1. The Morgan fingerprint density at radius 3 is 2.94 bits per heavy atom. The van der Waals surface area contributed by atoms with Crippen LogP contribution in [0, 0.1) is 0 Å². The molecule has 0 aliphatic carbocycles. The SMILES string of the molecule is CCOC(=O)C(C)N1CCCC[C@H](N)C1=O. The minimum atomic E-state index is -0.531. The third kappa shape index (κ3) is 2.95. The number of hydrogen-bond acceptors (Lipinski definition) is 4. The van der Waals surface area contributed by atoms with E-state index in [1.165, 1.54) is 4.90 Å². The van der Waals surface area contributed by atoms with Crippen LogP contribution in [-0.2, 0) is 14.3 Å². The molecule has 5 heteroatoms. The van der Waals surface area contributed by atoms with Gasteiger partial charge in [0.1, 0.15) is 6.04 Å². The molecule has 0 radical (unpaired) electrons. The molecule has 1 rings (SSSR count). The zero-order valence-electron chi connectivity index (χ0n) is 9.94. The second-order valence-electron chi connectivity index (χ2n) is 4.06. The lowest BCUT2D eigenvalue weighted by Gasteiger charge is -2.27. The summed E-state index contributed by atoms with van der Waals surface area (Å²) in [4.78, 5) is 25.0. The van der Waals surface area contributed by atoms with E-state index in [0.717, 1.165) is 12.8 Å². The molecule has 1 fully saturated rings. The Hall–Kier alpha value is -1.10. The lowest BCUT2D eigenvalue weighted by molar-refractivity contribution is -0.154. The molecule has 0 saturated carbocycles. The van der Waals surface area contributed by atoms with E-state index in [0.29, 0.717) is 19.6 Å². The number of rotatable bonds is 3. The van der Waals surface area contributed by atoms with E-state index < -0.39 is 12.1 Å². The Kier molecular flexibility index (Phi) is 4.73. The van der Waals surface area contributed by atoms with Crippen LogP contribution >= 0.6 is 0 Å². The summed E-state index contributed by atoms with van der Waals surface area (Å²) < 4.78 is 4.91. The minimum Gasteiger partial charge on any atom is -0.464 e. The number of carbonyl (C=O) groups excluding carboxylic acids is 2. The van der Waals surface area contributed by atoms with E-state index in [9.17, 15) is 9.59 Å². The maximum Gasteiger partial charge on any atom is 0.328 e. The highest BCUT2D eigenvalue weighted by Gasteiger charge is 2.31. The van der Waals surface area contributed by atoms with Gasteiger partial charge >= 0.3 is 5.97 Å². The normalized spacial score (nSPS) is 23.8. The maximum absolute atomic E-state index is 11.9. The van der Waals surface area contributed by atoms with E-state index in [1.54, 1.807) is 13.8 Å². The zero-order chi connectivity index (χ0) is 12.1. The van der Waals surface area contributed by atoms with Crippen LogP contribution in [-0.4, -0.2) is 42.0 Å². The first kappa shape index (κ1) is 13.0. The quantitative estimate of drug-likeness (QED) is 0.704. The highest BCUT2D eigenvalue weighted by molar-refractivity contribution is 5.87. The molecule has 5 nitrogen and oxygen atoms in total. The van der Waals surface area contributed by atoms with Crippen LogP contribution in [0.4, 0.5) is 0 Å². The molecular formula is C11H20N2O3. The number of nitrogens with zero attached hydrogens (tertiary/aromatic N) is 1. The average Bonchev–Trinajstić information content (AvgIpc) is 2.42. The van der Waals surface area contributed by atoms with Crippen LogP contribution in [0.3, 0.4) is 0 Å². The summed E-state index contributed by atoms with van der Waals surface area (Å²) in [5, 5.41) is 0. The first-order chi connectivity index (χ1) is 7.57. The Bertz CT molecular complexity index is 268. The topological polar surface area (TPSA) is 72.6 Å². The fourth-order valence-corrected chi connectivity index (χ4v) is 1.87. The van der Waals surface area contributed by atoms with Crippen LogP contribution in [0.2, 0.25) is 0 Å². The Balaban J connectivity index is 2.68. The van der Waals surface area contributed by atoms with Gasteiger partial charge in [-0.25, -0.2) is 4.79 Å². The van der Waals surface area contributed by atoms with Crippen molar-refractivity contribution in [3.05, 3.63) is 0 Å². The molecule has 0 spiro atoms. The second-order valence-corrected chi connectivity index (χ2v) is 4.06. The van der Waals surface area contributed by atoms with Gasteiger partial charge in [0.2, 0.25) is 5.91 Å². The van der Waals surface area contributed by atoms with Gasteiger partial charge in [0.25, 0.3) is 0 Å². The summed E-state index contributed by atoms with van der Waals surface area (Å²) in [6.07, 6.45) is 2.52. The molecule has 1 unspecified atom stereocenters. The molecule has 1 aliphatic heterocycles. The van der Waals surface area contributed by atoms with Crippen LogP contribution in [0.5, 0.6) is 0 Å². The van der Waals surface area contributed by atoms with Gasteiger partial charge in [-0.15, -0.1) is 0 Å². The fourth-order valence-electron chi connectivity index (χ4n) is 1.87. The monoisotopic (exact) mass is 228 g/mol. The van der Waals surface area contributed by atoms with Crippen molar-refractivity contribution in [2.45, 2.75) is 45.2 Å². The summed E-state index contributed by atoms with van der Waals surface area (Å²) in [5.41, 5.74) is 5.74. The summed E-state index contributed by atoms with van der Waals surface area (Å²) in [5.74, 6) is -0.497. The van der Waals surface area contributed by atoms with E-state index in [4.69, 9.17) is 10.5 Å². The van der Waals surface area contributed by atoms with Crippen molar-refractivity contribution >= 4 is 11.9 Å². The molecule has 1 aliphatic rings. The van der Waals surface area contributed by atoms with Gasteiger partial charge in [0.05, 0.1) is 12.6 Å². The predicted molar refractivity (Wildman–Crippen MR) is 59.6 cm³/mol. The lowest BCUT2D eigenvalue weighted by Crippen LogP contribution is -2.49. The number of carbonyl (C=O) groups is 2. The van der Waals surface area contributed by atoms with Gasteiger partial charge < -0.3 is 15.4 Å². The smallest absolute Gasteiger partial charge is 0.328 e. The minimum absolute atomic E-state index is 0.141. The first-order valence-electron chi connectivity index (χ1n) is 5.80. The summed E-state index contributed by atoms with van der Waals surface area (Å²) in [6.45, 7) is 4.36. The van der Waals surface area contributed by atoms with Crippen molar-refractivity contribution in [3.8, 4) is 0 Å². The molecule has 1 saturated heterocycles. The largest absolute Gasteiger partial charge is 0.464 e. The van der Waals surface area contributed by atoms with E-state index in [2.05, 4.69) is 0 Å². The molecule has 1 heterocycles. The molecule has 1 amide bonds. The number of ether oxygens (including phenoxy) is 1. The van der Waals surface area contributed by atoms with Crippen molar-refractivity contribution in [1.29, 1.82) is 0 Å². The van der Waals surface area contributed by atoms with Gasteiger partial charge in [0.15, 0.2) is 0 Å². The summed E-state index contributed by atoms with van der Waals surface area (Å²) >= 11 is 0. The number of likely N-dealkylation sites (tertiary alicyclic amines) is 1. The van der Waals surface area contributed by atoms with Gasteiger partial charge in [-0.05, 0) is 33.1 Å². The Morgan fingerprint density at radius 2 is 2.31 bits per heavy atom. The predicted octanol–water partition coefficient (Wildman–Crippen LogP) is 0.278. The first-order valence-corrected chi connectivity index (χ1v) is 5.80. The van der Waals surface area contributed by atoms with Crippen molar-refractivity contribution in [1.82, 2.24) is 4.90 Å². The Labute approximate surface area is 95.9 Å². The number of amides is 1. The van der Waals surface area contributed by atoms with E-state index in [-0.39, 0.29) is 11.9 Å². The van der Waals surface area contributed by atoms with Crippen LogP contribution in [0.1, 0.15) is 33.1 Å². The standard InChI is InChI=1S/C11H20N2O3/c1-3-16-11(15)8(2)13-7-5-4-6-9(12)10(13)14/h8-9H,3-7,12H2,1-2H3/t8?,9-/m0/s1. The van der Waals surface area contributed by atoms with Gasteiger partial charge in [-0.3, -0.25) is 4.79 Å². The van der Waals surface area contributed by atoms with E-state index in [1.807, 2.05) is 0 Å². The molecule has 0 aromatic heterocycles. The van der Waals surface area contributed by atoms with Gasteiger partial charge in [-0.2, -0.15) is 0 Å². The molecule has 0 aromatic rings. The third-order valence-electron chi connectivity index (χ3n) is 2.86. The molecular weight excluding hydrogens is 208 g/mol. The molecule has 2 N–H and O–H groups in total. The van der Waals surface area contributed by atoms with Crippen LogP contribution in [0.25, 0.3) is 0 Å². The van der Waals surface area contributed by atoms with Crippen molar-refractivity contribution < 1.29 is 14.3 Å². The molecule has 16 heavy (non-hydrogen) atoms. The van der Waals surface area contributed by atoms with Crippen molar-refractivity contribution in [3.63, 3.8) is 0 Å². The second kappa shape index (κ2) is 5.84. The average molecular weight is 228 g/mol.